The maximum Gasteiger partial charge on any atom is 2.00 e. The molecule has 2 aromatic heterocycles. The molecular weight excluding hydrogens is 806 g/mol. The number of benzene rings is 2. The van der Waals surface area contributed by atoms with E-state index in [9.17, 15) is 9.59 Å². The first-order valence-electron chi connectivity index (χ1n) is 14.9. The predicted octanol–water partition coefficient (Wildman–Crippen LogP) is -3.46. The Morgan fingerprint density at radius 2 is 0.846 bits per heavy atom. The number of hydrogen-bond donors (Lipinski definition) is 0. The third kappa shape index (κ3) is 21.0. The van der Waals surface area contributed by atoms with Crippen LogP contribution < -0.4 is 50.2 Å². The summed E-state index contributed by atoms with van der Waals surface area (Å²) in [5, 5.41) is 35.6. The Balaban J connectivity index is 0. The molecule has 0 amide bonds. The first-order chi connectivity index (χ1) is 23.6. The van der Waals surface area contributed by atoms with Gasteiger partial charge in [0.15, 0.2) is 9.60 Å². The fourth-order valence-corrected chi connectivity index (χ4v) is 5.91. The molecule has 282 valence electrons. The maximum absolute atomic E-state index is 12.1. The van der Waals surface area contributed by atoms with Crippen LogP contribution in [0.15, 0.2) is 80.2 Å². The van der Waals surface area contributed by atoms with Crippen LogP contribution in [0.25, 0.3) is 12.2 Å². The van der Waals surface area contributed by atoms with Crippen molar-refractivity contribution in [1.29, 1.82) is 0 Å². The zero-order chi connectivity index (χ0) is 37.6. The van der Waals surface area contributed by atoms with E-state index < -0.39 is 23.9 Å². The van der Waals surface area contributed by atoms with Crippen LogP contribution in [0.3, 0.4) is 0 Å². The van der Waals surface area contributed by atoms with Crippen molar-refractivity contribution >= 4 is 58.7 Å². The predicted molar refractivity (Wildman–Crippen MR) is 180 cm³/mol. The average molecular weight is 843 g/mol. The summed E-state index contributed by atoms with van der Waals surface area (Å²) < 4.78 is 5.11. The zero-order valence-corrected chi connectivity index (χ0v) is 32.2. The van der Waals surface area contributed by atoms with Gasteiger partial charge in [-0.05, 0) is 63.8 Å². The normalized spacial score (nSPS) is 12.0. The Kier molecular flexibility index (Phi) is 26.0. The van der Waals surface area contributed by atoms with Crippen molar-refractivity contribution < 1.29 is 73.2 Å². The topological polar surface area (TPSA) is 229 Å². The van der Waals surface area contributed by atoms with Gasteiger partial charge < -0.3 is 39.6 Å². The summed E-state index contributed by atoms with van der Waals surface area (Å²) in [6.45, 7) is 7.17. The van der Waals surface area contributed by atoms with Crippen LogP contribution in [-0.4, -0.2) is 46.1 Å². The number of carbonyl (C=O) groups excluding carboxylic acids is 4. The summed E-state index contributed by atoms with van der Waals surface area (Å²) >= 11 is 2.97. The van der Waals surface area contributed by atoms with Gasteiger partial charge in [-0.3, -0.25) is 28.7 Å². The van der Waals surface area contributed by atoms with Crippen molar-refractivity contribution in [3.8, 4) is 0 Å². The van der Waals surface area contributed by atoms with E-state index in [-0.39, 0.29) is 44.7 Å². The standard InChI is InChI=1S/2C13H12N2OS.4C2H4O2.2Co/c2*16-12-11(9-10-5-2-1-3-6-10)17-13-14-7-4-8-15(12)13;4*1-2(3)4;;/h2*1-3,5-6,9H,4,7-8H2;4*1H3,(H,3,4);;/q;;;;;;2*+2/p-4/b2*11-9-;;;;;;. The molecule has 0 saturated carbocycles. The van der Waals surface area contributed by atoms with E-state index in [1.807, 2.05) is 72.8 Å². The minimum Gasteiger partial charge on any atom is -0.550 e. The molecule has 52 heavy (non-hydrogen) atoms. The van der Waals surface area contributed by atoms with Crippen LogP contribution in [0, 0.1) is 0 Å². The monoisotopic (exact) mass is 842 g/mol. The van der Waals surface area contributed by atoms with Gasteiger partial charge in [0.2, 0.25) is 0 Å². The Bertz CT molecular complexity index is 1890. The molecule has 0 spiro atoms. The molecule has 0 atom stereocenters. The summed E-state index contributed by atoms with van der Waals surface area (Å²) in [6.07, 6.45) is 5.81. The van der Waals surface area contributed by atoms with Gasteiger partial charge in [0, 0.05) is 50.1 Å². The fourth-order valence-electron chi connectivity index (χ4n) is 3.85. The zero-order valence-electron chi connectivity index (χ0n) is 28.5. The Labute approximate surface area is 327 Å². The molecule has 0 aliphatic carbocycles. The second kappa shape index (κ2) is 27.2. The molecule has 2 aromatic carbocycles. The number of rotatable bonds is 2. The first kappa shape index (κ1) is 49.6. The molecule has 2 aliphatic rings. The van der Waals surface area contributed by atoms with Gasteiger partial charge in [-0.25, -0.2) is 0 Å². The number of carboxylic acids is 4. The van der Waals surface area contributed by atoms with E-state index >= 15 is 0 Å². The largest absolute Gasteiger partial charge is 2.00 e. The number of thiazole rings is 2. The molecule has 0 fully saturated rings. The third-order valence-electron chi connectivity index (χ3n) is 5.54. The second-order valence-corrected chi connectivity index (χ2v) is 12.0. The summed E-state index contributed by atoms with van der Waals surface area (Å²) in [7, 11) is 0. The number of hydrogen-bond acceptors (Lipinski definition) is 14. The first-order valence-corrected chi connectivity index (χ1v) is 16.6. The number of aliphatic carboxylic acids is 4. The van der Waals surface area contributed by atoms with E-state index in [2.05, 4.69) is 9.98 Å². The van der Waals surface area contributed by atoms with Crippen LogP contribution in [0.1, 0.15) is 51.7 Å². The number of carbonyl (C=O) groups is 4. The Morgan fingerprint density at radius 1 is 0.577 bits per heavy atom. The molecule has 18 heteroatoms. The second-order valence-electron chi connectivity index (χ2n) is 9.96. The average Bonchev–Trinajstić information content (AvgIpc) is 3.52. The minimum absolute atomic E-state index is 0. The molecule has 4 heterocycles. The summed E-state index contributed by atoms with van der Waals surface area (Å²) in [6, 6.07) is 19.8. The van der Waals surface area contributed by atoms with Crippen LogP contribution in [0.4, 0.5) is 0 Å². The van der Waals surface area contributed by atoms with Crippen LogP contribution in [0.5, 0.6) is 0 Å². The van der Waals surface area contributed by atoms with Crippen molar-refractivity contribution in [2.45, 2.75) is 53.6 Å². The van der Waals surface area contributed by atoms with Gasteiger partial charge >= 0.3 is 33.6 Å². The van der Waals surface area contributed by atoms with Gasteiger partial charge in [0.05, 0.1) is 9.06 Å². The maximum atomic E-state index is 12.1. The molecule has 14 nitrogen and oxygen atoms in total. The third-order valence-corrected chi connectivity index (χ3v) is 7.63. The Hall–Kier alpha value is -4.47. The van der Waals surface area contributed by atoms with Gasteiger partial charge in [0.25, 0.3) is 11.1 Å². The molecule has 0 N–H and O–H groups in total. The number of aromatic nitrogens is 2. The molecule has 0 unspecified atom stereocenters. The van der Waals surface area contributed by atoms with Crippen molar-refractivity contribution in [2.24, 2.45) is 9.98 Å². The van der Waals surface area contributed by atoms with Gasteiger partial charge in [-0.2, -0.15) is 0 Å². The van der Waals surface area contributed by atoms with Crippen LogP contribution in [0.2, 0.25) is 0 Å². The number of fused-ring (bicyclic) bond motifs is 2. The number of nitrogens with zero attached hydrogens (tertiary/aromatic N) is 4. The molecule has 2 aliphatic heterocycles. The van der Waals surface area contributed by atoms with E-state index in [4.69, 9.17) is 39.6 Å². The summed E-state index contributed by atoms with van der Waals surface area (Å²) in [5.41, 5.74) is 2.31. The van der Waals surface area contributed by atoms with Crippen LogP contribution >= 0.6 is 22.7 Å². The van der Waals surface area contributed by atoms with Crippen molar-refractivity contribution in [1.82, 2.24) is 9.13 Å². The van der Waals surface area contributed by atoms with Crippen molar-refractivity contribution in [2.75, 3.05) is 13.1 Å². The van der Waals surface area contributed by atoms with E-state index in [0.29, 0.717) is 0 Å². The quantitative estimate of drug-likeness (QED) is 0.194. The van der Waals surface area contributed by atoms with E-state index in [1.54, 1.807) is 9.13 Å². The minimum atomic E-state index is -1.08. The summed E-state index contributed by atoms with van der Waals surface area (Å²) in [5.74, 6) is -4.33. The molecule has 2 radical (unpaired) electrons. The molecule has 6 rings (SSSR count). The van der Waals surface area contributed by atoms with E-state index in [1.165, 1.54) is 22.7 Å². The molecule has 0 bridgehead atoms. The van der Waals surface area contributed by atoms with Gasteiger partial charge in [0.1, 0.15) is 0 Å². The smallest absolute Gasteiger partial charge is 0.550 e. The van der Waals surface area contributed by atoms with Gasteiger partial charge in [-0.1, -0.05) is 83.3 Å². The Morgan fingerprint density at radius 3 is 1.10 bits per heavy atom. The van der Waals surface area contributed by atoms with Crippen molar-refractivity contribution in [3.05, 3.63) is 111 Å². The van der Waals surface area contributed by atoms with E-state index in [0.717, 1.165) is 96.5 Å². The summed E-state index contributed by atoms with van der Waals surface area (Å²) in [4.78, 5) is 70.2. The van der Waals surface area contributed by atoms with Crippen molar-refractivity contribution in [3.63, 3.8) is 0 Å². The SMILES string of the molecule is CC(=O)[O-].CC(=O)[O-].CC(=O)[O-].CC(=O)[O-].O=c1/c(=C/c2ccccc2)sc2n1CCCN=2.O=c1/c(=C/c2ccccc2)sc2n1CCCN=2.[Co+2].[Co+2]. The number of carboxylic acid groups (broad SMARTS) is 4. The molecule has 4 aromatic rings. The van der Waals surface area contributed by atoms with Gasteiger partial charge in [-0.15, -0.1) is 0 Å². The van der Waals surface area contributed by atoms with Crippen LogP contribution in [-0.2, 0) is 65.8 Å². The molecule has 0 saturated heterocycles. The fraction of sp³-hybridized carbons (Fsp3) is 0.294. The molecular formula is C34H36Co2N4O10S2.